The number of imidazole rings is 1. The van der Waals surface area contributed by atoms with Crippen LogP contribution >= 0.6 is 0 Å². The smallest absolute Gasteiger partial charge is 0.378 e. The van der Waals surface area contributed by atoms with Crippen molar-refractivity contribution in [3.05, 3.63) is 59.3 Å². The third-order valence-electron chi connectivity index (χ3n) is 5.73. The number of nitrogens with one attached hydrogen (secondary N) is 3. The Labute approximate surface area is 192 Å². The van der Waals surface area contributed by atoms with E-state index in [9.17, 15) is 18.0 Å². The molecule has 1 fully saturated rings. The predicted octanol–water partition coefficient (Wildman–Crippen LogP) is 4.37. The third-order valence-corrected chi connectivity index (χ3v) is 5.73. The number of hydrogen-bond acceptors (Lipinski definition) is 5. The first kappa shape index (κ1) is 22.0. The summed E-state index contributed by atoms with van der Waals surface area (Å²) in [5.74, 6) is -0.0444. The van der Waals surface area contributed by atoms with E-state index >= 15 is 0 Å². The Bertz CT molecular complexity index is 1330. The lowest BCUT2D eigenvalue weighted by atomic mass is 10.1. The number of benzene rings is 2. The van der Waals surface area contributed by atoms with Gasteiger partial charge in [0, 0.05) is 35.6 Å². The van der Waals surface area contributed by atoms with Gasteiger partial charge in [0.05, 0.1) is 25.0 Å². The summed E-state index contributed by atoms with van der Waals surface area (Å²) in [6, 6.07) is 8.66. The van der Waals surface area contributed by atoms with Crippen LogP contribution in [0.5, 0.6) is 0 Å². The Balaban J connectivity index is 1.45. The number of anilines is 2. The molecule has 3 N–H and O–H groups in total. The van der Waals surface area contributed by atoms with Crippen LogP contribution in [0.3, 0.4) is 0 Å². The maximum absolute atomic E-state index is 13.6. The summed E-state index contributed by atoms with van der Waals surface area (Å²) in [5, 5.41) is 9.41. The fourth-order valence-corrected chi connectivity index (χ4v) is 3.92. The van der Waals surface area contributed by atoms with Gasteiger partial charge in [-0.3, -0.25) is 9.89 Å². The molecule has 1 aliphatic heterocycles. The molecule has 176 valence electrons. The fraction of sp³-hybridized carbons (Fsp3) is 0.261. The average Bonchev–Trinajstić information content (AvgIpc) is 3.42. The van der Waals surface area contributed by atoms with E-state index < -0.39 is 17.6 Å². The van der Waals surface area contributed by atoms with Crippen molar-refractivity contribution in [2.45, 2.75) is 13.1 Å². The zero-order valence-corrected chi connectivity index (χ0v) is 18.2. The normalized spacial score (nSPS) is 14.5. The molecule has 2 aromatic heterocycles. The number of fused-ring (bicyclic) bond motifs is 1. The summed E-state index contributed by atoms with van der Waals surface area (Å²) in [6.45, 7) is 3.65. The molecule has 5 rings (SSSR count). The zero-order valence-electron chi connectivity index (χ0n) is 18.2. The molecular formula is C23H21F3N6O2. The number of amides is 1. The molecule has 8 nitrogen and oxygen atoms in total. The number of aromatic amines is 2. The van der Waals surface area contributed by atoms with Crippen LogP contribution in [0.25, 0.3) is 22.6 Å². The molecule has 0 radical (unpaired) electrons. The van der Waals surface area contributed by atoms with Crippen LogP contribution in [0.4, 0.5) is 24.5 Å². The van der Waals surface area contributed by atoms with Gasteiger partial charge in [-0.15, -0.1) is 0 Å². The molecule has 1 saturated heterocycles. The first-order chi connectivity index (χ1) is 16.3. The summed E-state index contributed by atoms with van der Waals surface area (Å²) in [6.07, 6.45) is -2.96. The molecule has 11 heteroatoms. The number of alkyl halides is 3. The minimum Gasteiger partial charge on any atom is -0.378 e. The highest BCUT2D eigenvalue weighted by Gasteiger charge is 2.32. The van der Waals surface area contributed by atoms with E-state index in [4.69, 9.17) is 4.74 Å². The van der Waals surface area contributed by atoms with Gasteiger partial charge in [0.2, 0.25) is 0 Å². The minimum atomic E-state index is -4.58. The topological polar surface area (TPSA) is 98.9 Å². The number of aryl methyl sites for hydroxylation is 1. The number of H-pyrrole nitrogens is 2. The quantitative estimate of drug-likeness (QED) is 0.412. The Morgan fingerprint density at radius 2 is 1.94 bits per heavy atom. The molecule has 0 unspecified atom stereocenters. The number of carbonyl (C=O) groups is 1. The van der Waals surface area contributed by atoms with Crippen molar-refractivity contribution in [3.8, 4) is 11.4 Å². The van der Waals surface area contributed by atoms with Gasteiger partial charge in [0.15, 0.2) is 5.65 Å². The summed E-state index contributed by atoms with van der Waals surface area (Å²) in [7, 11) is 0. The lowest BCUT2D eigenvalue weighted by molar-refractivity contribution is -0.137. The molecular weight excluding hydrogens is 449 g/mol. The second kappa shape index (κ2) is 8.49. The summed E-state index contributed by atoms with van der Waals surface area (Å²) in [5.41, 5.74) is 2.84. The van der Waals surface area contributed by atoms with Gasteiger partial charge in [-0.2, -0.15) is 18.3 Å². The summed E-state index contributed by atoms with van der Waals surface area (Å²) >= 11 is 0. The molecule has 34 heavy (non-hydrogen) atoms. The molecule has 0 atom stereocenters. The Hall–Kier alpha value is -3.86. The lowest BCUT2D eigenvalue weighted by Crippen LogP contribution is -2.36. The number of hydrogen-bond donors (Lipinski definition) is 3. The van der Waals surface area contributed by atoms with Crippen molar-refractivity contribution in [1.82, 2.24) is 20.2 Å². The number of morpholine rings is 1. The number of rotatable bonds is 4. The van der Waals surface area contributed by atoms with E-state index in [0.717, 1.165) is 28.8 Å². The predicted molar refractivity (Wildman–Crippen MR) is 121 cm³/mol. The van der Waals surface area contributed by atoms with Crippen LogP contribution in [-0.2, 0) is 10.9 Å². The van der Waals surface area contributed by atoms with Crippen LogP contribution < -0.4 is 10.2 Å². The molecule has 4 aromatic rings. The maximum atomic E-state index is 13.6. The van der Waals surface area contributed by atoms with Gasteiger partial charge in [0.25, 0.3) is 5.91 Å². The minimum absolute atomic E-state index is 0.0733. The Morgan fingerprint density at radius 1 is 1.15 bits per heavy atom. The standard InChI is InChI=1S/C23H21F3N6O2/c1-13-2-3-16(11-18(13)20-29-19-12-27-31-21(19)30-20)28-22(33)14-8-15(23(24,25)26)10-17(9-14)32-4-6-34-7-5-32/h2-3,8-12H,4-7H2,1H3,(H,28,33)(H2,27,29,30,31). The Kier molecular flexibility index (Phi) is 5.48. The van der Waals surface area contributed by atoms with E-state index in [1.165, 1.54) is 6.07 Å². The maximum Gasteiger partial charge on any atom is 0.416 e. The first-order valence-electron chi connectivity index (χ1n) is 10.6. The van der Waals surface area contributed by atoms with Crippen molar-refractivity contribution in [2.24, 2.45) is 0 Å². The molecule has 0 aliphatic carbocycles. The largest absolute Gasteiger partial charge is 0.416 e. The number of nitrogens with zero attached hydrogens (tertiary/aromatic N) is 3. The Morgan fingerprint density at radius 3 is 2.68 bits per heavy atom. The van der Waals surface area contributed by atoms with Crippen molar-refractivity contribution < 1.29 is 22.7 Å². The van der Waals surface area contributed by atoms with E-state index in [1.807, 2.05) is 13.0 Å². The summed E-state index contributed by atoms with van der Waals surface area (Å²) < 4.78 is 46.0. The second-order valence-electron chi connectivity index (χ2n) is 8.07. The fourth-order valence-electron chi connectivity index (χ4n) is 3.92. The van der Waals surface area contributed by atoms with Crippen molar-refractivity contribution >= 4 is 28.4 Å². The second-order valence-corrected chi connectivity index (χ2v) is 8.07. The third kappa shape index (κ3) is 4.34. The van der Waals surface area contributed by atoms with Crippen molar-refractivity contribution in [1.29, 1.82) is 0 Å². The van der Waals surface area contributed by atoms with Crippen LogP contribution in [0.15, 0.2) is 42.6 Å². The van der Waals surface area contributed by atoms with E-state index in [1.54, 1.807) is 23.2 Å². The van der Waals surface area contributed by atoms with Crippen molar-refractivity contribution in [2.75, 3.05) is 36.5 Å². The molecule has 0 spiro atoms. The monoisotopic (exact) mass is 470 g/mol. The molecule has 3 heterocycles. The van der Waals surface area contributed by atoms with Gasteiger partial charge in [-0.1, -0.05) is 6.07 Å². The highest BCUT2D eigenvalue weighted by atomic mass is 19.4. The number of ether oxygens (including phenoxy) is 1. The molecule has 1 aliphatic rings. The molecule has 0 saturated carbocycles. The zero-order chi connectivity index (χ0) is 23.9. The van der Waals surface area contributed by atoms with E-state index in [0.29, 0.717) is 49.1 Å². The van der Waals surface area contributed by atoms with Crippen LogP contribution in [0, 0.1) is 6.92 Å². The van der Waals surface area contributed by atoms with Gasteiger partial charge in [-0.25, -0.2) is 4.98 Å². The van der Waals surface area contributed by atoms with Crippen LogP contribution in [-0.4, -0.2) is 52.4 Å². The van der Waals surface area contributed by atoms with Crippen LogP contribution in [0.2, 0.25) is 0 Å². The van der Waals surface area contributed by atoms with Gasteiger partial charge in [-0.05, 0) is 42.8 Å². The van der Waals surface area contributed by atoms with Gasteiger partial charge < -0.3 is 19.9 Å². The molecule has 2 aromatic carbocycles. The SMILES string of the molecule is Cc1ccc(NC(=O)c2cc(N3CCOCC3)cc(C(F)(F)F)c2)cc1-c1nc2[nH]ncc2[nH]1. The highest BCUT2D eigenvalue weighted by Crippen LogP contribution is 2.34. The van der Waals surface area contributed by atoms with Crippen molar-refractivity contribution in [3.63, 3.8) is 0 Å². The lowest BCUT2D eigenvalue weighted by Gasteiger charge is -2.29. The van der Waals surface area contributed by atoms with Gasteiger partial charge >= 0.3 is 6.18 Å². The number of aromatic nitrogens is 4. The number of carbonyl (C=O) groups excluding carboxylic acids is 1. The van der Waals surface area contributed by atoms with Crippen LogP contribution in [0.1, 0.15) is 21.5 Å². The average molecular weight is 470 g/mol. The van der Waals surface area contributed by atoms with Gasteiger partial charge in [0.1, 0.15) is 11.3 Å². The molecule has 1 amide bonds. The highest BCUT2D eigenvalue weighted by molar-refractivity contribution is 6.05. The van der Waals surface area contributed by atoms with E-state index in [2.05, 4.69) is 25.5 Å². The van der Waals surface area contributed by atoms with E-state index in [-0.39, 0.29) is 5.56 Å². The summed E-state index contributed by atoms with van der Waals surface area (Å²) in [4.78, 5) is 22.4. The number of halogens is 3. The first-order valence-corrected chi connectivity index (χ1v) is 10.6. The molecule has 0 bridgehead atoms.